The Hall–Kier alpha value is -2.38. The molecule has 3 rings (SSSR count). The molecule has 5 nitrogen and oxygen atoms in total. The molecule has 0 radical (unpaired) electrons. The highest BCUT2D eigenvalue weighted by Crippen LogP contribution is 2.47. The van der Waals surface area contributed by atoms with Gasteiger partial charge >= 0.3 is 12.1 Å². The fourth-order valence-corrected chi connectivity index (χ4v) is 2.38. The van der Waals surface area contributed by atoms with Gasteiger partial charge in [0.05, 0.1) is 18.1 Å². The van der Waals surface area contributed by atoms with Crippen molar-refractivity contribution in [3.63, 3.8) is 0 Å². The van der Waals surface area contributed by atoms with Crippen LogP contribution in [0.5, 0.6) is 0 Å². The van der Waals surface area contributed by atoms with Crippen molar-refractivity contribution in [2.75, 3.05) is 6.61 Å². The van der Waals surface area contributed by atoms with Crippen LogP contribution in [-0.2, 0) is 15.7 Å². The van der Waals surface area contributed by atoms with Crippen molar-refractivity contribution in [2.24, 2.45) is 5.92 Å². The Morgan fingerprint density at radius 1 is 1.35 bits per heavy atom. The molecule has 8 heteroatoms. The number of nitrogens with zero attached hydrogens (tertiary/aromatic N) is 2. The van der Waals surface area contributed by atoms with Crippen LogP contribution in [0.15, 0.2) is 24.3 Å². The molecule has 0 spiro atoms. The first-order valence-corrected chi connectivity index (χ1v) is 7.16. The van der Waals surface area contributed by atoms with Crippen molar-refractivity contribution in [1.29, 1.82) is 0 Å². The Morgan fingerprint density at radius 2 is 2.04 bits per heavy atom. The number of carbonyl (C=O) groups excluding carboxylic acids is 1. The van der Waals surface area contributed by atoms with Gasteiger partial charge in [0.15, 0.2) is 5.82 Å². The van der Waals surface area contributed by atoms with Crippen LogP contribution in [-0.4, -0.2) is 27.8 Å². The van der Waals surface area contributed by atoms with Crippen LogP contribution in [0.4, 0.5) is 13.2 Å². The molecule has 0 aliphatic heterocycles. The minimum Gasteiger partial charge on any atom is -0.466 e. The zero-order chi connectivity index (χ0) is 16.6. The third-order valence-corrected chi connectivity index (χ3v) is 3.70. The van der Waals surface area contributed by atoms with E-state index in [9.17, 15) is 18.0 Å². The number of halogens is 3. The second-order valence-electron chi connectivity index (χ2n) is 5.32. The van der Waals surface area contributed by atoms with E-state index in [1.54, 1.807) is 6.92 Å². The first-order chi connectivity index (χ1) is 10.9. The summed E-state index contributed by atoms with van der Waals surface area (Å²) in [4.78, 5) is 15.9. The predicted octanol–water partition coefficient (Wildman–Crippen LogP) is 3.16. The molecule has 23 heavy (non-hydrogen) atoms. The van der Waals surface area contributed by atoms with E-state index in [-0.39, 0.29) is 17.8 Å². The molecule has 0 bridgehead atoms. The van der Waals surface area contributed by atoms with Gasteiger partial charge in [0.1, 0.15) is 5.82 Å². The lowest BCUT2D eigenvalue weighted by molar-refractivity contribution is -0.144. The summed E-state index contributed by atoms with van der Waals surface area (Å²) in [7, 11) is 0. The van der Waals surface area contributed by atoms with Gasteiger partial charge in [-0.3, -0.25) is 9.89 Å². The number of esters is 1. The summed E-state index contributed by atoms with van der Waals surface area (Å²) in [6.07, 6.45) is -3.73. The summed E-state index contributed by atoms with van der Waals surface area (Å²) in [5, 5.41) is 6.76. The van der Waals surface area contributed by atoms with Crippen molar-refractivity contribution in [3.05, 3.63) is 35.7 Å². The molecule has 1 heterocycles. The molecule has 122 valence electrons. The number of hydrogen-bond donors (Lipinski definition) is 1. The van der Waals surface area contributed by atoms with E-state index in [1.165, 1.54) is 12.1 Å². The van der Waals surface area contributed by atoms with Gasteiger partial charge in [-0.2, -0.15) is 18.3 Å². The molecule has 1 fully saturated rings. The zero-order valence-corrected chi connectivity index (χ0v) is 12.2. The van der Waals surface area contributed by atoms with Crippen LogP contribution in [0.2, 0.25) is 0 Å². The molecule has 1 N–H and O–H groups in total. The van der Waals surface area contributed by atoms with E-state index >= 15 is 0 Å². The monoisotopic (exact) mass is 325 g/mol. The maximum absolute atomic E-state index is 12.5. The zero-order valence-electron chi connectivity index (χ0n) is 12.2. The van der Waals surface area contributed by atoms with Crippen LogP contribution in [0.1, 0.15) is 30.7 Å². The van der Waals surface area contributed by atoms with Crippen molar-refractivity contribution in [3.8, 4) is 11.4 Å². The van der Waals surface area contributed by atoms with Gasteiger partial charge in [0.2, 0.25) is 0 Å². The normalized spacial score (nSPS) is 20.3. The summed E-state index contributed by atoms with van der Waals surface area (Å²) >= 11 is 0. The topological polar surface area (TPSA) is 67.9 Å². The average Bonchev–Trinajstić information content (AvgIpc) is 3.16. The number of nitrogens with one attached hydrogen (secondary N) is 1. The van der Waals surface area contributed by atoms with Gasteiger partial charge in [0, 0.05) is 11.5 Å². The standard InChI is InChI=1S/C15H14F3N3O2/c1-2-23-14(22)11-7-10(11)13-19-12(20-21-13)8-3-5-9(6-4-8)15(16,17)18/h3-6,10-11H,2,7H2,1H3,(H,19,20,21)/t10-,11-/m1/s1. The fraction of sp³-hybridized carbons (Fsp3) is 0.400. The smallest absolute Gasteiger partial charge is 0.416 e. The lowest BCUT2D eigenvalue weighted by Crippen LogP contribution is -2.07. The number of ether oxygens (including phenoxy) is 1. The summed E-state index contributed by atoms with van der Waals surface area (Å²) in [6.45, 7) is 2.07. The number of carbonyl (C=O) groups is 1. The summed E-state index contributed by atoms with van der Waals surface area (Å²) in [5.74, 6) is 0.319. The fourth-order valence-electron chi connectivity index (χ4n) is 2.38. The van der Waals surface area contributed by atoms with Gasteiger partial charge in [-0.15, -0.1) is 0 Å². The number of aromatic nitrogens is 3. The average molecular weight is 325 g/mol. The molecule has 2 aromatic rings. The van der Waals surface area contributed by atoms with Crippen LogP contribution >= 0.6 is 0 Å². The number of hydrogen-bond acceptors (Lipinski definition) is 4. The number of H-pyrrole nitrogens is 1. The summed E-state index contributed by atoms with van der Waals surface area (Å²) in [5.41, 5.74) is -0.240. The van der Waals surface area contributed by atoms with E-state index in [2.05, 4.69) is 15.2 Å². The SMILES string of the molecule is CCOC(=O)[C@@H]1C[C@H]1c1nc(-c2ccc(C(F)(F)F)cc2)n[nH]1. The minimum atomic E-state index is -4.37. The van der Waals surface area contributed by atoms with E-state index in [4.69, 9.17) is 4.74 Å². The van der Waals surface area contributed by atoms with Gasteiger partial charge < -0.3 is 4.74 Å². The second-order valence-corrected chi connectivity index (χ2v) is 5.32. The maximum atomic E-state index is 12.5. The third-order valence-electron chi connectivity index (χ3n) is 3.70. The van der Waals surface area contributed by atoms with E-state index in [0.29, 0.717) is 30.2 Å². The van der Waals surface area contributed by atoms with E-state index in [0.717, 1.165) is 12.1 Å². The highest BCUT2D eigenvalue weighted by Gasteiger charge is 2.47. The molecular formula is C15H14F3N3O2. The molecule has 0 amide bonds. The molecule has 2 atom stereocenters. The molecule has 1 aromatic heterocycles. The summed E-state index contributed by atoms with van der Waals surface area (Å²) < 4.78 is 42.6. The van der Waals surface area contributed by atoms with Gasteiger partial charge in [0.25, 0.3) is 0 Å². The lowest BCUT2D eigenvalue weighted by Gasteiger charge is -2.06. The van der Waals surface area contributed by atoms with E-state index < -0.39 is 11.7 Å². The Balaban J connectivity index is 1.72. The molecule has 1 saturated carbocycles. The first kappa shape index (κ1) is 15.5. The molecular weight excluding hydrogens is 311 g/mol. The third kappa shape index (κ3) is 3.20. The second kappa shape index (κ2) is 5.68. The van der Waals surface area contributed by atoms with E-state index in [1.807, 2.05) is 0 Å². The number of benzene rings is 1. The molecule has 1 aliphatic rings. The highest BCUT2D eigenvalue weighted by molar-refractivity contribution is 5.77. The Morgan fingerprint density at radius 3 is 2.65 bits per heavy atom. The maximum Gasteiger partial charge on any atom is 0.416 e. The van der Waals surface area contributed by atoms with Crippen molar-refractivity contribution >= 4 is 5.97 Å². The molecule has 0 unspecified atom stereocenters. The Kier molecular flexibility index (Phi) is 3.83. The van der Waals surface area contributed by atoms with Crippen LogP contribution in [0, 0.1) is 5.92 Å². The van der Waals surface area contributed by atoms with Crippen LogP contribution in [0.3, 0.4) is 0 Å². The van der Waals surface area contributed by atoms with Crippen LogP contribution in [0.25, 0.3) is 11.4 Å². The minimum absolute atomic E-state index is 0.0650. The number of rotatable bonds is 4. The van der Waals surface area contributed by atoms with Gasteiger partial charge in [-0.25, -0.2) is 4.98 Å². The van der Waals surface area contributed by atoms with Crippen LogP contribution < -0.4 is 0 Å². The van der Waals surface area contributed by atoms with Crippen molar-refractivity contribution in [2.45, 2.75) is 25.4 Å². The first-order valence-electron chi connectivity index (χ1n) is 7.16. The van der Waals surface area contributed by atoms with Gasteiger partial charge in [-0.1, -0.05) is 12.1 Å². The largest absolute Gasteiger partial charge is 0.466 e. The lowest BCUT2D eigenvalue weighted by atomic mass is 10.1. The molecule has 1 aromatic carbocycles. The highest BCUT2D eigenvalue weighted by atomic mass is 19.4. The quantitative estimate of drug-likeness (QED) is 0.877. The predicted molar refractivity (Wildman–Crippen MR) is 74.3 cm³/mol. The Bertz CT molecular complexity index is 710. The number of aromatic amines is 1. The summed E-state index contributed by atoms with van der Waals surface area (Å²) in [6, 6.07) is 4.63. The van der Waals surface area contributed by atoms with Crippen molar-refractivity contribution in [1.82, 2.24) is 15.2 Å². The van der Waals surface area contributed by atoms with Gasteiger partial charge in [-0.05, 0) is 25.5 Å². The Labute approximate surface area is 129 Å². The molecule has 1 aliphatic carbocycles. The van der Waals surface area contributed by atoms with Crippen molar-refractivity contribution < 1.29 is 22.7 Å². The molecule has 0 saturated heterocycles. The number of alkyl halides is 3.